The molecule has 1 amide bonds. The lowest BCUT2D eigenvalue weighted by molar-refractivity contribution is -0.149. The van der Waals surface area contributed by atoms with Crippen LogP contribution in [0.15, 0.2) is 4.99 Å². The van der Waals surface area contributed by atoms with Crippen molar-refractivity contribution in [1.29, 1.82) is 0 Å². The van der Waals surface area contributed by atoms with E-state index in [1.807, 2.05) is 20.8 Å². The molecule has 1 aliphatic heterocycles. The summed E-state index contributed by atoms with van der Waals surface area (Å²) in [6.07, 6.45) is 2.89. The van der Waals surface area contributed by atoms with Crippen LogP contribution in [0.4, 0.5) is 0 Å². The minimum absolute atomic E-state index is 0. The number of carbonyl (C=O) groups is 2. The lowest BCUT2D eigenvalue weighted by Crippen LogP contribution is -2.47. The van der Waals surface area contributed by atoms with Crippen LogP contribution < -0.4 is 10.6 Å². The van der Waals surface area contributed by atoms with Gasteiger partial charge >= 0.3 is 5.97 Å². The first-order valence-electron chi connectivity index (χ1n) is 8.93. The number of hydrogen-bond donors (Lipinski definition) is 2. The highest BCUT2D eigenvalue weighted by Crippen LogP contribution is 2.18. The minimum atomic E-state index is -0.0955. The monoisotopic (exact) mass is 468 g/mol. The number of halogens is 1. The molecule has 146 valence electrons. The molecule has 0 aliphatic carbocycles. The van der Waals surface area contributed by atoms with Gasteiger partial charge in [-0.05, 0) is 33.1 Å². The molecule has 8 heteroatoms. The molecule has 0 bridgehead atoms. The molecule has 1 rings (SSSR count). The Hall–Kier alpha value is -1.06. The highest BCUT2D eigenvalue weighted by atomic mass is 127. The van der Waals surface area contributed by atoms with E-state index in [9.17, 15) is 9.59 Å². The summed E-state index contributed by atoms with van der Waals surface area (Å²) in [5.41, 5.74) is 0. The Morgan fingerprint density at radius 2 is 1.92 bits per heavy atom. The Morgan fingerprint density at radius 3 is 2.44 bits per heavy atom. The maximum atomic E-state index is 11.8. The summed E-state index contributed by atoms with van der Waals surface area (Å²) in [5, 5.41) is 6.18. The van der Waals surface area contributed by atoms with E-state index in [-0.39, 0.29) is 47.8 Å². The molecule has 1 aliphatic rings. The van der Waals surface area contributed by atoms with Crippen molar-refractivity contribution in [2.24, 2.45) is 10.9 Å². The van der Waals surface area contributed by atoms with Gasteiger partial charge in [-0.1, -0.05) is 6.92 Å². The zero-order valence-corrected chi connectivity index (χ0v) is 18.2. The molecular formula is C17H33IN4O3. The highest BCUT2D eigenvalue weighted by Gasteiger charge is 2.27. The fourth-order valence-corrected chi connectivity index (χ4v) is 2.66. The van der Waals surface area contributed by atoms with Crippen molar-refractivity contribution >= 4 is 41.8 Å². The maximum Gasteiger partial charge on any atom is 0.309 e. The van der Waals surface area contributed by atoms with Gasteiger partial charge in [0.2, 0.25) is 5.91 Å². The number of likely N-dealkylation sites (tertiary alicyclic amines) is 1. The molecule has 1 unspecified atom stereocenters. The van der Waals surface area contributed by atoms with Crippen LogP contribution >= 0.6 is 24.0 Å². The van der Waals surface area contributed by atoms with Gasteiger partial charge < -0.3 is 20.3 Å². The van der Waals surface area contributed by atoms with Gasteiger partial charge in [-0.2, -0.15) is 0 Å². The van der Waals surface area contributed by atoms with Crippen molar-refractivity contribution in [2.75, 3.05) is 33.3 Å². The zero-order valence-electron chi connectivity index (χ0n) is 15.8. The van der Waals surface area contributed by atoms with Gasteiger partial charge in [0.1, 0.15) is 0 Å². The molecule has 1 saturated heterocycles. The standard InChI is InChI=1S/C17H32N4O3.HI/c1-5-13(3)20-15(22)7-10-19-17(18-4)21-11-8-14(9-12-21)16(23)24-6-2;/h13-14H,5-12H2,1-4H3,(H,18,19)(H,20,22);1H. The van der Waals surface area contributed by atoms with Crippen molar-refractivity contribution in [3.8, 4) is 0 Å². The van der Waals surface area contributed by atoms with Gasteiger partial charge in [0.25, 0.3) is 0 Å². The van der Waals surface area contributed by atoms with Crippen molar-refractivity contribution in [1.82, 2.24) is 15.5 Å². The number of nitrogens with zero attached hydrogens (tertiary/aromatic N) is 2. The lowest BCUT2D eigenvalue weighted by atomic mass is 9.97. The van der Waals surface area contributed by atoms with E-state index in [0.29, 0.717) is 19.6 Å². The first-order chi connectivity index (χ1) is 11.5. The Balaban J connectivity index is 0.00000576. The number of guanidine groups is 1. The number of hydrogen-bond acceptors (Lipinski definition) is 4. The summed E-state index contributed by atoms with van der Waals surface area (Å²) in [5.74, 6) is 0.726. The Kier molecular flexibility index (Phi) is 12.6. The summed E-state index contributed by atoms with van der Waals surface area (Å²) in [6.45, 7) is 8.39. The molecule has 0 saturated carbocycles. The predicted octanol–water partition coefficient (Wildman–Crippen LogP) is 1.76. The lowest BCUT2D eigenvalue weighted by Gasteiger charge is -2.33. The molecule has 7 nitrogen and oxygen atoms in total. The van der Waals surface area contributed by atoms with Gasteiger partial charge in [-0.3, -0.25) is 14.6 Å². The van der Waals surface area contributed by atoms with Crippen molar-refractivity contribution in [2.45, 2.75) is 52.5 Å². The van der Waals surface area contributed by atoms with Crippen LogP contribution in [0.5, 0.6) is 0 Å². The van der Waals surface area contributed by atoms with E-state index in [2.05, 4.69) is 20.5 Å². The van der Waals surface area contributed by atoms with Crippen LogP contribution in [0.1, 0.15) is 46.5 Å². The van der Waals surface area contributed by atoms with Gasteiger partial charge in [-0.25, -0.2) is 0 Å². The molecular weight excluding hydrogens is 435 g/mol. The molecule has 0 radical (unpaired) electrons. The average molecular weight is 468 g/mol. The summed E-state index contributed by atoms with van der Waals surface area (Å²) < 4.78 is 5.09. The summed E-state index contributed by atoms with van der Waals surface area (Å²) in [6, 6.07) is 0.207. The number of piperidine rings is 1. The molecule has 1 heterocycles. The Labute approximate surface area is 168 Å². The van der Waals surface area contributed by atoms with Gasteiger partial charge in [-0.15, -0.1) is 24.0 Å². The average Bonchev–Trinajstić information content (AvgIpc) is 2.59. The first kappa shape index (κ1) is 23.9. The second-order valence-electron chi connectivity index (χ2n) is 6.11. The number of esters is 1. The van der Waals surface area contributed by atoms with Crippen LogP contribution in [-0.4, -0.2) is 62.1 Å². The zero-order chi connectivity index (χ0) is 17.9. The predicted molar refractivity (Wildman–Crippen MR) is 110 cm³/mol. The van der Waals surface area contributed by atoms with Crippen molar-refractivity contribution in [3.63, 3.8) is 0 Å². The number of ether oxygens (including phenoxy) is 1. The molecule has 0 aromatic carbocycles. The molecule has 1 atom stereocenters. The van der Waals surface area contributed by atoms with Crippen molar-refractivity contribution in [3.05, 3.63) is 0 Å². The van der Waals surface area contributed by atoms with Crippen LogP contribution in [0, 0.1) is 5.92 Å². The summed E-state index contributed by atoms with van der Waals surface area (Å²) in [7, 11) is 1.74. The number of rotatable bonds is 7. The van der Waals surface area contributed by atoms with E-state index in [0.717, 1.165) is 38.3 Å². The molecule has 25 heavy (non-hydrogen) atoms. The molecule has 0 aromatic rings. The number of amides is 1. The Bertz CT molecular complexity index is 438. The van der Waals surface area contributed by atoms with E-state index >= 15 is 0 Å². The molecule has 1 fully saturated rings. The topological polar surface area (TPSA) is 83.0 Å². The second kappa shape index (κ2) is 13.2. The maximum absolute atomic E-state index is 11.8. The van der Waals surface area contributed by atoms with Gasteiger partial charge in [0, 0.05) is 39.1 Å². The van der Waals surface area contributed by atoms with Gasteiger partial charge in [0.05, 0.1) is 12.5 Å². The highest BCUT2D eigenvalue weighted by molar-refractivity contribution is 14.0. The number of aliphatic imine (C=N–C) groups is 1. The molecule has 0 aromatic heterocycles. The quantitative estimate of drug-likeness (QED) is 0.258. The molecule has 0 spiro atoms. The number of nitrogens with one attached hydrogen (secondary N) is 2. The summed E-state index contributed by atoms with van der Waals surface area (Å²) >= 11 is 0. The first-order valence-corrected chi connectivity index (χ1v) is 8.93. The third-order valence-corrected chi connectivity index (χ3v) is 4.28. The SMILES string of the molecule is CCOC(=O)C1CCN(C(=NC)NCCC(=O)NC(C)CC)CC1.I. The van der Waals surface area contributed by atoms with Crippen LogP contribution in [-0.2, 0) is 14.3 Å². The Morgan fingerprint density at radius 1 is 1.28 bits per heavy atom. The van der Waals surface area contributed by atoms with E-state index < -0.39 is 0 Å². The fourth-order valence-electron chi connectivity index (χ4n) is 2.66. The third kappa shape index (κ3) is 8.73. The van der Waals surface area contributed by atoms with Gasteiger partial charge in [0.15, 0.2) is 5.96 Å². The van der Waals surface area contributed by atoms with E-state index in [4.69, 9.17) is 4.74 Å². The fraction of sp³-hybridized carbons (Fsp3) is 0.824. The van der Waals surface area contributed by atoms with E-state index in [1.54, 1.807) is 7.05 Å². The third-order valence-electron chi connectivity index (χ3n) is 4.28. The molecule has 2 N–H and O–H groups in total. The van der Waals surface area contributed by atoms with Crippen LogP contribution in [0.3, 0.4) is 0 Å². The summed E-state index contributed by atoms with van der Waals surface area (Å²) in [4.78, 5) is 30.0. The number of carbonyl (C=O) groups excluding carboxylic acids is 2. The van der Waals surface area contributed by atoms with Crippen molar-refractivity contribution < 1.29 is 14.3 Å². The van der Waals surface area contributed by atoms with E-state index in [1.165, 1.54) is 0 Å². The normalized spacial score (nSPS) is 16.6. The van der Waals surface area contributed by atoms with Crippen LogP contribution in [0.2, 0.25) is 0 Å². The van der Waals surface area contributed by atoms with Crippen LogP contribution in [0.25, 0.3) is 0 Å². The smallest absolute Gasteiger partial charge is 0.309 e. The second-order valence-corrected chi connectivity index (χ2v) is 6.11. The largest absolute Gasteiger partial charge is 0.466 e. The minimum Gasteiger partial charge on any atom is -0.466 e.